The van der Waals surface area contributed by atoms with Crippen molar-refractivity contribution in [3.05, 3.63) is 59.9 Å². The van der Waals surface area contributed by atoms with Gasteiger partial charge in [0.15, 0.2) is 5.60 Å². The second-order valence-electron chi connectivity index (χ2n) is 12.3. The minimum absolute atomic E-state index is 0.00937. The topological polar surface area (TPSA) is 131 Å². The minimum atomic E-state index is -2.27. The second kappa shape index (κ2) is 11.5. The van der Waals surface area contributed by atoms with Crippen LogP contribution in [0.1, 0.15) is 24.6 Å². The molecule has 0 radical (unpaired) electrons. The number of methoxy groups -OCH3 is 1. The van der Waals surface area contributed by atoms with Crippen molar-refractivity contribution in [3.63, 3.8) is 0 Å². The van der Waals surface area contributed by atoms with Crippen LogP contribution in [0.25, 0.3) is 0 Å². The van der Waals surface area contributed by atoms with E-state index in [1.54, 1.807) is 16.7 Å². The Morgan fingerprint density at radius 1 is 1.19 bits per heavy atom. The monoisotopic (exact) mass is 604 g/mol. The van der Waals surface area contributed by atoms with Gasteiger partial charge >= 0.3 is 0 Å². The lowest BCUT2D eigenvalue weighted by Gasteiger charge is -2.37. The number of anilines is 2. The summed E-state index contributed by atoms with van der Waals surface area (Å²) in [6, 6.07) is 14.1. The van der Waals surface area contributed by atoms with Crippen LogP contribution in [0.5, 0.6) is 5.75 Å². The lowest BCUT2D eigenvalue weighted by molar-refractivity contribution is -0.143. The van der Waals surface area contributed by atoms with Crippen molar-refractivity contribution in [1.82, 2.24) is 20.3 Å². The van der Waals surface area contributed by atoms with E-state index in [0.29, 0.717) is 39.0 Å². The van der Waals surface area contributed by atoms with E-state index in [1.807, 2.05) is 36.5 Å². The van der Waals surface area contributed by atoms with Gasteiger partial charge in [-0.3, -0.25) is 14.3 Å². The predicted molar refractivity (Wildman–Crippen MR) is 165 cm³/mol. The number of benzene rings is 2. The number of ether oxygens (including phenoxy) is 2. The lowest BCUT2D eigenvalue weighted by Crippen LogP contribution is -2.51. The molecule has 12 heteroatoms. The number of aliphatic hydroxyl groups excluding tert-OH is 1. The molecule has 228 valence electrons. The first-order chi connectivity index (χ1) is 20.7. The van der Waals surface area contributed by atoms with Gasteiger partial charge in [-0.05, 0) is 42.3 Å². The van der Waals surface area contributed by atoms with E-state index in [9.17, 15) is 14.7 Å². The molecule has 0 unspecified atom stereocenters. The first-order valence-electron chi connectivity index (χ1n) is 15.0. The van der Waals surface area contributed by atoms with Crippen LogP contribution in [0, 0.1) is 5.92 Å². The highest BCUT2D eigenvalue weighted by Crippen LogP contribution is 2.59. The number of amides is 2. The molecular formula is C31H40N6O5Si. The molecule has 4 atom stereocenters. The summed E-state index contributed by atoms with van der Waals surface area (Å²) in [7, 11) is -0.601. The van der Waals surface area contributed by atoms with Gasteiger partial charge in [0, 0.05) is 61.7 Å². The molecule has 4 heterocycles. The van der Waals surface area contributed by atoms with E-state index >= 15 is 0 Å². The number of hydrogen-bond donors (Lipinski definition) is 3. The molecule has 1 aromatic heterocycles. The Labute approximate surface area is 252 Å². The predicted octanol–water partition coefficient (Wildman–Crippen LogP) is 2.02. The number of piperazine rings is 1. The second-order valence-corrected chi connectivity index (χ2v) is 17.0. The van der Waals surface area contributed by atoms with Crippen molar-refractivity contribution in [3.8, 4) is 5.75 Å². The van der Waals surface area contributed by atoms with E-state index in [2.05, 4.69) is 53.1 Å². The zero-order valence-corrected chi connectivity index (χ0v) is 26.2. The number of aryl methyl sites for hydroxylation is 1. The summed E-state index contributed by atoms with van der Waals surface area (Å²) in [6.07, 6.45) is 2.73. The first-order valence-corrected chi connectivity index (χ1v) is 18.1. The normalized spacial score (nSPS) is 25.3. The van der Waals surface area contributed by atoms with Crippen molar-refractivity contribution in [2.45, 2.75) is 56.7 Å². The maximum atomic E-state index is 14.0. The summed E-state index contributed by atoms with van der Waals surface area (Å²) in [5, 5.41) is 25.2. The summed E-state index contributed by atoms with van der Waals surface area (Å²) >= 11 is 0. The molecule has 3 N–H and O–H groups in total. The molecule has 2 aromatic carbocycles. The standard InChI is InChI=1S/C31H40N6O5Si/c1-20-29(43(3,4)24-8-6-23(41-2)7-9-24)27(11-14-36-19-21(12-16-38)34-35-36)42-31(20)25-17-22(5-10-26(25)33-30(31)40)37-15-13-32-18-28(37)39/h5-10,17,19-20,27,29,32,38H,11-16,18H2,1-4H3,(H,33,40)/t20-,27+,29-,31+/m1/s1. The molecule has 2 amide bonds. The molecule has 0 bridgehead atoms. The highest BCUT2D eigenvalue weighted by Gasteiger charge is 2.64. The van der Waals surface area contributed by atoms with Gasteiger partial charge in [-0.25, -0.2) is 0 Å². The molecule has 1 spiro atoms. The maximum absolute atomic E-state index is 14.0. The number of nitrogens with one attached hydrogen (secondary N) is 2. The number of nitrogens with zero attached hydrogens (tertiary/aromatic N) is 4. The molecule has 11 nitrogen and oxygen atoms in total. The van der Waals surface area contributed by atoms with Crippen molar-refractivity contribution < 1.29 is 24.2 Å². The Morgan fingerprint density at radius 3 is 2.70 bits per heavy atom. The zero-order chi connectivity index (χ0) is 30.4. The van der Waals surface area contributed by atoms with Gasteiger partial charge in [-0.15, -0.1) is 5.10 Å². The summed E-state index contributed by atoms with van der Waals surface area (Å²) in [5.41, 5.74) is 1.95. The summed E-state index contributed by atoms with van der Waals surface area (Å²) in [6.45, 7) is 9.01. The van der Waals surface area contributed by atoms with Gasteiger partial charge in [0.25, 0.3) is 5.91 Å². The van der Waals surface area contributed by atoms with E-state index in [1.165, 1.54) is 5.19 Å². The largest absolute Gasteiger partial charge is 0.497 e. The third-order valence-electron chi connectivity index (χ3n) is 9.57. The Kier molecular flexibility index (Phi) is 7.88. The zero-order valence-electron chi connectivity index (χ0n) is 25.2. The smallest absolute Gasteiger partial charge is 0.261 e. The van der Waals surface area contributed by atoms with E-state index < -0.39 is 13.7 Å². The van der Waals surface area contributed by atoms with E-state index in [0.717, 1.165) is 28.4 Å². The quantitative estimate of drug-likeness (QED) is 0.317. The van der Waals surface area contributed by atoms with Crippen LogP contribution in [0.2, 0.25) is 18.6 Å². The van der Waals surface area contributed by atoms with Gasteiger partial charge in [0.1, 0.15) is 5.75 Å². The van der Waals surface area contributed by atoms with Crippen LogP contribution in [0.4, 0.5) is 11.4 Å². The fourth-order valence-electron chi connectivity index (χ4n) is 7.37. The van der Waals surface area contributed by atoms with Gasteiger partial charge < -0.3 is 30.1 Å². The summed E-state index contributed by atoms with van der Waals surface area (Å²) in [4.78, 5) is 28.6. The summed E-state index contributed by atoms with van der Waals surface area (Å²) < 4.78 is 14.3. The van der Waals surface area contributed by atoms with E-state index in [-0.39, 0.29) is 36.0 Å². The van der Waals surface area contributed by atoms with Crippen molar-refractivity contribution in [2.24, 2.45) is 5.92 Å². The number of hydrogen-bond acceptors (Lipinski definition) is 8. The minimum Gasteiger partial charge on any atom is -0.497 e. The maximum Gasteiger partial charge on any atom is 0.261 e. The molecule has 2 saturated heterocycles. The summed E-state index contributed by atoms with van der Waals surface area (Å²) in [5.74, 6) is 0.519. The Hall–Kier alpha value is -3.58. The molecule has 43 heavy (non-hydrogen) atoms. The fraction of sp³-hybridized carbons (Fsp3) is 0.484. The molecule has 3 aliphatic heterocycles. The number of carbonyl (C=O) groups is 2. The van der Waals surface area contributed by atoms with E-state index in [4.69, 9.17) is 9.47 Å². The van der Waals surface area contributed by atoms with Crippen molar-refractivity contribution >= 4 is 36.4 Å². The van der Waals surface area contributed by atoms with Crippen LogP contribution in [0.15, 0.2) is 48.7 Å². The molecule has 3 aromatic rings. The van der Waals surface area contributed by atoms with Crippen LogP contribution in [-0.4, -0.2) is 79.4 Å². The van der Waals surface area contributed by atoms with Gasteiger partial charge in [0.05, 0.1) is 33.5 Å². The van der Waals surface area contributed by atoms with Crippen LogP contribution < -0.4 is 25.5 Å². The Morgan fingerprint density at radius 2 is 1.98 bits per heavy atom. The van der Waals surface area contributed by atoms with Crippen molar-refractivity contribution in [2.75, 3.05) is 43.6 Å². The first kappa shape index (κ1) is 29.5. The SMILES string of the molecule is COc1ccc([Si](C)(C)[C@H]2[C@H](CCn3cc(CCO)nn3)O[C@@]3(C(=O)Nc4ccc(N5CCNCC5=O)cc43)[C@@H]2C)cc1. The lowest BCUT2D eigenvalue weighted by atomic mass is 9.82. The van der Waals surface area contributed by atoms with Gasteiger partial charge in [-0.2, -0.15) is 0 Å². The highest BCUT2D eigenvalue weighted by atomic mass is 28.3. The number of rotatable bonds is 9. The number of aromatic nitrogens is 3. The van der Waals surface area contributed by atoms with Gasteiger partial charge in [-0.1, -0.05) is 42.6 Å². The number of aliphatic hydroxyl groups is 1. The third-order valence-corrected chi connectivity index (χ3v) is 13.9. The number of fused-ring (bicyclic) bond motifs is 2. The average molecular weight is 605 g/mol. The fourth-order valence-corrected chi connectivity index (χ4v) is 11.4. The van der Waals surface area contributed by atoms with Gasteiger partial charge in [0.2, 0.25) is 5.91 Å². The Balaban J connectivity index is 1.39. The molecule has 3 aliphatic rings. The van der Waals surface area contributed by atoms with Crippen molar-refractivity contribution in [1.29, 1.82) is 0 Å². The molecule has 6 rings (SSSR count). The average Bonchev–Trinajstić information content (AvgIpc) is 3.66. The molecule has 0 saturated carbocycles. The number of carbonyl (C=O) groups excluding carboxylic acids is 2. The highest BCUT2D eigenvalue weighted by molar-refractivity contribution is 6.91. The molecule has 2 fully saturated rings. The van der Waals surface area contributed by atoms with Crippen LogP contribution in [0.3, 0.4) is 0 Å². The Bertz CT molecular complexity index is 1510. The third kappa shape index (κ3) is 5.05. The molecular weight excluding hydrogens is 564 g/mol. The van der Waals surface area contributed by atoms with Crippen LogP contribution >= 0.6 is 0 Å². The van der Waals surface area contributed by atoms with Crippen LogP contribution in [-0.2, 0) is 32.9 Å². The molecule has 0 aliphatic carbocycles.